The van der Waals surface area contributed by atoms with Crippen molar-refractivity contribution in [2.75, 3.05) is 19.6 Å². The third-order valence-corrected chi connectivity index (χ3v) is 8.87. The zero-order valence-electron chi connectivity index (χ0n) is 22.8. The lowest BCUT2D eigenvalue weighted by Gasteiger charge is -2.29. The van der Waals surface area contributed by atoms with E-state index in [1.54, 1.807) is 4.90 Å². The second kappa shape index (κ2) is 14.1. The summed E-state index contributed by atoms with van der Waals surface area (Å²) in [6, 6.07) is 14.7. The van der Waals surface area contributed by atoms with Crippen molar-refractivity contribution in [2.24, 2.45) is 5.92 Å². The highest BCUT2D eigenvalue weighted by atomic mass is 35.5. The number of carbonyl (C=O) groups is 1. The molecule has 0 saturated heterocycles. The molecule has 0 spiro atoms. The fourth-order valence-electron chi connectivity index (χ4n) is 4.26. The van der Waals surface area contributed by atoms with Crippen LogP contribution in [0.4, 0.5) is 5.69 Å². The maximum Gasteiger partial charge on any atom is 0.289 e. The van der Waals surface area contributed by atoms with Crippen LogP contribution in [0.3, 0.4) is 0 Å². The number of nitro benzene ring substituents is 1. The van der Waals surface area contributed by atoms with E-state index in [9.17, 15) is 23.3 Å². The molecule has 0 aliphatic heterocycles. The van der Waals surface area contributed by atoms with Gasteiger partial charge in [0, 0.05) is 42.6 Å². The van der Waals surface area contributed by atoms with Gasteiger partial charge in [-0.05, 0) is 48.2 Å². The predicted molar refractivity (Wildman–Crippen MR) is 157 cm³/mol. The van der Waals surface area contributed by atoms with E-state index in [-0.39, 0.29) is 34.8 Å². The van der Waals surface area contributed by atoms with Crippen LogP contribution in [0.5, 0.6) is 0 Å². The molecule has 2 aromatic carbocycles. The molecule has 216 valence electrons. The zero-order chi connectivity index (χ0) is 29.4. The van der Waals surface area contributed by atoms with Gasteiger partial charge in [-0.2, -0.15) is 4.31 Å². The Balaban J connectivity index is 1.88. The van der Waals surface area contributed by atoms with Crippen LogP contribution >= 0.6 is 23.2 Å². The van der Waals surface area contributed by atoms with Crippen LogP contribution in [0.15, 0.2) is 65.7 Å². The van der Waals surface area contributed by atoms with Crippen molar-refractivity contribution in [3.63, 3.8) is 0 Å². The van der Waals surface area contributed by atoms with Gasteiger partial charge >= 0.3 is 0 Å². The molecule has 1 heterocycles. The first-order valence-electron chi connectivity index (χ1n) is 13.0. The number of aromatic nitrogens is 1. The van der Waals surface area contributed by atoms with E-state index in [0.29, 0.717) is 31.0 Å². The van der Waals surface area contributed by atoms with E-state index < -0.39 is 27.2 Å². The molecule has 0 atom stereocenters. The Bertz CT molecular complexity index is 1440. The van der Waals surface area contributed by atoms with Gasteiger partial charge in [-0.3, -0.25) is 14.9 Å². The normalized spacial score (nSPS) is 11.8. The molecule has 0 aliphatic rings. The van der Waals surface area contributed by atoms with Crippen LogP contribution in [-0.2, 0) is 27.9 Å². The van der Waals surface area contributed by atoms with Crippen LogP contribution in [0.2, 0.25) is 10.0 Å². The molecule has 0 bridgehead atoms. The van der Waals surface area contributed by atoms with Gasteiger partial charge in [0.1, 0.15) is 5.02 Å². The zero-order valence-corrected chi connectivity index (χ0v) is 25.1. The first-order chi connectivity index (χ1) is 18.9. The molecule has 0 fully saturated rings. The molecule has 0 aliphatic carbocycles. The Morgan fingerprint density at radius 3 is 2.45 bits per heavy atom. The van der Waals surface area contributed by atoms with Crippen molar-refractivity contribution >= 4 is 44.8 Å². The Morgan fingerprint density at radius 1 is 1.07 bits per heavy atom. The smallest absolute Gasteiger partial charge is 0.289 e. The minimum Gasteiger partial charge on any atom is -0.345 e. The summed E-state index contributed by atoms with van der Waals surface area (Å²) in [6.45, 7) is 6.82. The summed E-state index contributed by atoms with van der Waals surface area (Å²) in [5.74, 6) is -0.224. The van der Waals surface area contributed by atoms with Crippen molar-refractivity contribution in [3.8, 4) is 0 Å². The molecule has 1 amide bonds. The van der Waals surface area contributed by atoms with Gasteiger partial charge in [-0.15, -0.1) is 0 Å². The second-order valence-corrected chi connectivity index (χ2v) is 12.7. The third kappa shape index (κ3) is 8.06. The van der Waals surface area contributed by atoms with E-state index in [0.717, 1.165) is 21.6 Å². The van der Waals surface area contributed by atoms with Gasteiger partial charge in [-0.1, -0.05) is 68.6 Å². The van der Waals surface area contributed by atoms with Gasteiger partial charge in [0.25, 0.3) is 5.69 Å². The van der Waals surface area contributed by atoms with Crippen LogP contribution in [-0.4, -0.2) is 52.7 Å². The Kier molecular flexibility index (Phi) is 11.2. The Hall–Kier alpha value is -2.92. The van der Waals surface area contributed by atoms with Crippen LogP contribution in [0.1, 0.15) is 44.9 Å². The number of rotatable bonds is 14. The number of amides is 1. The minimum atomic E-state index is -4.22. The van der Waals surface area contributed by atoms with E-state index in [1.165, 1.54) is 12.1 Å². The van der Waals surface area contributed by atoms with Gasteiger partial charge in [0.05, 0.1) is 22.9 Å². The van der Waals surface area contributed by atoms with Crippen molar-refractivity contribution in [1.82, 2.24) is 13.8 Å². The highest BCUT2D eigenvalue weighted by Gasteiger charge is 2.30. The summed E-state index contributed by atoms with van der Waals surface area (Å²) >= 11 is 12.3. The molecule has 3 aromatic rings. The summed E-state index contributed by atoms with van der Waals surface area (Å²) in [5, 5.41) is 11.9. The topological polar surface area (TPSA) is 106 Å². The number of benzene rings is 2. The van der Waals surface area contributed by atoms with E-state index in [4.69, 9.17) is 23.2 Å². The summed E-state index contributed by atoms with van der Waals surface area (Å²) in [4.78, 5) is 25.7. The van der Waals surface area contributed by atoms with Crippen LogP contribution in [0.25, 0.3) is 0 Å². The summed E-state index contributed by atoms with van der Waals surface area (Å²) in [6.07, 6.45) is 3.14. The van der Waals surface area contributed by atoms with E-state index in [2.05, 4.69) is 0 Å². The molecule has 40 heavy (non-hydrogen) atoms. The lowest BCUT2D eigenvalue weighted by atomic mass is 10.2. The molecule has 12 heteroatoms. The molecule has 0 saturated carbocycles. The average Bonchev–Trinajstić information content (AvgIpc) is 3.33. The fraction of sp³-hybridized carbons (Fsp3) is 0.393. The first kappa shape index (κ1) is 31.6. The molecule has 0 unspecified atom stereocenters. The molecule has 9 nitrogen and oxygen atoms in total. The number of nitro groups is 1. The van der Waals surface area contributed by atoms with Gasteiger partial charge in [0.2, 0.25) is 15.9 Å². The number of nitrogens with zero attached hydrogens (tertiary/aromatic N) is 4. The Labute approximate surface area is 245 Å². The molecule has 0 radical (unpaired) electrons. The molecular weight excluding hydrogens is 575 g/mol. The lowest BCUT2D eigenvalue weighted by molar-refractivity contribution is -0.384. The fourth-order valence-corrected chi connectivity index (χ4v) is 6.09. The van der Waals surface area contributed by atoms with Crippen molar-refractivity contribution < 1.29 is 18.1 Å². The van der Waals surface area contributed by atoms with E-state index >= 15 is 0 Å². The number of halogens is 2. The number of hydrogen-bond acceptors (Lipinski definition) is 5. The number of carbonyl (C=O) groups excluding carboxylic acids is 1. The lowest BCUT2D eigenvalue weighted by Crippen LogP contribution is -2.44. The minimum absolute atomic E-state index is 0.0966. The van der Waals surface area contributed by atoms with Crippen molar-refractivity contribution in [1.29, 1.82) is 0 Å². The predicted octanol–water partition coefficient (Wildman–Crippen LogP) is 6.23. The highest BCUT2D eigenvalue weighted by Crippen LogP contribution is 2.29. The molecule has 3 rings (SSSR count). The molecule has 1 aromatic heterocycles. The first-order valence-corrected chi connectivity index (χ1v) is 15.2. The second-order valence-electron chi connectivity index (χ2n) is 9.95. The number of hydrogen-bond donors (Lipinski definition) is 0. The SMILES string of the molecule is CCCCN(CC(=O)N(Cc1cccn1Cc1ccccc1Cl)CC(C)C)S(=O)(=O)c1ccc(Cl)c([N+](=O)[O-])c1. The molecular formula is C28H34Cl2N4O5S. The van der Waals surface area contributed by atoms with Crippen molar-refractivity contribution in [3.05, 3.63) is 92.2 Å². The summed E-state index contributed by atoms with van der Waals surface area (Å²) in [7, 11) is -4.22. The van der Waals surface area contributed by atoms with Crippen molar-refractivity contribution in [2.45, 2.75) is 51.6 Å². The standard InChI is InChI=1S/C28H34Cl2N4O5S/c1-4-5-15-33(40(38,39)24-12-13-26(30)27(16-24)34(36)37)20-28(35)32(17-21(2)3)19-23-10-8-14-31(23)18-22-9-6-7-11-25(22)29/h6-14,16,21H,4-5,15,17-20H2,1-3H3. The highest BCUT2D eigenvalue weighted by molar-refractivity contribution is 7.89. The van der Waals surface area contributed by atoms with Gasteiger partial charge in [-0.25, -0.2) is 8.42 Å². The number of sulfonamides is 1. The van der Waals surface area contributed by atoms with Crippen LogP contribution < -0.4 is 0 Å². The summed E-state index contributed by atoms with van der Waals surface area (Å²) < 4.78 is 30.3. The molecule has 0 N–H and O–H groups in total. The van der Waals surface area contributed by atoms with Crippen LogP contribution in [0, 0.1) is 16.0 Å². The third-order valence-electron chi connectivity index (χ3n) is 6.34. The Morgan fingerprint density at radius 2 is 1.80 bits per heavy atom. The van der Waals surface area contributed by atoms with Gasteiger partial charge in [0.15, 0.2) is 0 Å². The monoisotopic (exact) mass is 608 g/mol. The van der Waals surface area contributed by atoms with E-state index in [1.807, 2.05) is 67.9 Å². The largest absolute Gasteiger partial charge is 0.345 e. The maximum absolute atomic E-state index is 13.7. The number of unbranched alkanes of at least 4 members (excludes halogenated alkanes) is 1. The maximum atomic E-state index is 13.7. The van der Waals surface area contributed by atoms with Gasteiger partial charge < -0.3 is 9.47 Å². The quantitative estimate of drug-likeness (QED) is 0.159. The average molecular weight is 610 g/mol. The summed E-state index contributed by atoms with van der Waals surface area (Å²) in [5.41, 5.74) is 1.31.